The van der Waals surface area contributed by atoms with Gasteiger partial charge in [-0.05, 0) is 19.9 Å². The maximum Gasteiger partial charge on any atom is 0.335 e. The Bertz CT molecular complexity index is 116. The number of ether oxygens (including phenoxy) is 2. The zero-order valence-corrected chi connectivity index (χ0v) is 7.00. The molecule has 0 radical (unpaired) electrons. The summed E-state index contributed by atoms with van der Waals surface area (Å²) in [5, 5.41) is 0. The Morgan fingerprint density at radius 3 is 2.64 bits per heavy atom. The molecule has 0 aliphatic carbocycles. The van der Waals surface area contributed by atoms with Gasteiger partial charge in [-0.1, -0.05) is 0 Å². The van der Waals surface area contributed by atoms with Crippen LogP contribution in [-0.4, -0.2) is 32.3 Å². The molecule has 66 valence electrons. The molecule has 0 aromatic rings. The van der Waals surface area contributed by atoms with E-state index < -0.39 is 6.10 Å². The topological polar surface area (TPSA) is 61.5 Å². The smallest absolute Gasteiger partial charge is 0.335 e. The van der Waals surface area contributed by atoms with Gasteiger partial charge < -0.3 is 15.2 Å². The average molecular weight is 161 g/mol. The highest BCUT2D eigenvalue weighted by atomic mass is 16.6. The first-order valence-corrected chi connectivity index (χ1v) is 3.65. The first-order chi connectivity index (χ1) is 5.26. The number of hydrogen-bond acceptors (Lipinski definition) is 4. The van der Waals surface area contributed by atoms with Crippen LogP contribution in [0.1, 0.15) is 13.3 Å². The van der Waals surface area contributed by atoms with Gasteiger partial charge in [0.25, 0.3) is 0 Å². The van der Waals surface area contributed by atoms with Crippen LogP contribution >= 0.6 is 0 Å². The normalized spacial score (nSPS) is 12.6. The molecule has 0 saturated heterocycles. The molecular weight excluding hydrogens is 146 g/mol. The van der Waals surface area contributed by atoms with Gasteiger partial charge in [0.1, 0.15) is 0 Å². The minimum absolute atomic E-state index is 0.333. The van der Waals surface area contributed by atoms with Crippen LogP contribution in [0, 0.1) is 0 Å². The van der Waals surface area contributed by atoms with Crippen LogP contribution in [0.2, 0.25) is 0 Å². The third-order valence-corrected chi connectivity index (χ3v) is 1.26. The summed E-state index contributed by atoms with van der Waals surface area (Å²) in [6.07, 6.45) is 0.00921. The fraction of sp³-hybridized carbons (Fsp3) is 0.857. The second kappa shape index (κ2) is 6.12. The summed E-state index contributed by atoms with van der Waals surface area (Å²) in [7, 11) is 1.47. The van der Waals surface area contributed by atoms with Gasteiger partial charge in [-0.15, -0.1) is 0 Å². The molecule has 4 heteroatoms. The van der Waals surface area contributed by atoms with Crippen molar-refractivity contribution in [3.8, 4) is 0 Å². The molecule has 0 fully saturated rings. The molecule has 1 atom stereocenters. The highest BCUT2D eigenvalue weighted by Crippen LogP contribution is 1.98. The lowest BCUT2D eigenvalue weighted by molar-refractivity contribution is -0.155. The van der Waals surface area contributed by atoms with Crippen molar-refractivity contribution in [1.29, 1.82) is 0 Å². The van der Waals surface area contributed by atoms with Crippen molar-refractivity contribution in [2.24, 2.45) is 5.73 Å². The lowest BCUT2D eigenvalue weighted by atomic mass is 10.2. The maximum absolute atomic E-state index is 11.0. The summed E-state index contributed by atoms with van der Waals surface area (Å²) in [5.74, 6) is -0.333. The van der Waals surface area contributed by atoms with Crippen LogP contribution in [0.5, 0.6) is 0 Å². The fourth-order valence-electron chi connectivity index (χ4n) is 0.719. The Labute approximate surface area is 66.7 Å². The Kier molecular flexibility index (Phi) is 5.78. The van der Waals surface area contributed by atoms with E-state index in [2.05, 4.69) is 0 Å². The molecule has 0 saturated carbocycles. The quantitative estimate of drug-likeness (QED) is 0.572. The van der Waals surface area contributed by atoms with E-state index in [9.17, 15) is 4.79 Å². The van der Waals surface area contributed by atoms with Crippen LogP contribution in [-0.2, 0) is 14.3 Å². The number of nitrogens with two attached hydrogens (primary N) is 1. The van der Waals surface area contributed by atoms with Gasteiger partial charge in [0.05, 0.1) is 6.61 Å². The van der Waals surface area contributed by atoms with E-state index in [-0.39, 0.29) is 5.97 Å². The Balaban J connectivity index is 3.71. The molecule has 0 aliphatic heterocycles. The molecule has 0 amide bonds. The number of rotatable bonds is 5. The maximum atomic E-state index is 11.0. The standard InChI is InChI=1S/C7H15NO3/c1-3-11-7(9)6(10-2)4-5-8/h6H,3-5,8H2,1-2H3/t6-/m1/s1. The highest BCUT2D eigenvalue weighted by Gasteiger charge is 2.17. The Morgan fingerprint density at radius 1 is 1.64 bits per heavy atom. The molecule has 0 bridgehead atoms. The zero-order chi connectivity index (χ0) is 8.69. The average Bonchev–Trinajstić information content (AvgIpc) is 2.00. The van der Waals surface area contributed by atoms with E-state index in [1.807, 2.05) is 0 Å². The molecule has 0 aromatic carbocycles. The summed E-state index contributed by atoms with van der Waals surface area (Å²) in [6, 6.07) is 0. The molecule has 0 unspecified atom stereocenters. The minimum atomic E-state index is -0.500. The second-order valence-corrected chi connectivity index (χ2v) is 2.05. The van der Waals surface area contributed by atoms with Gasteiger partial charge >= 0.3 is 5.97 Å². The van der Waals surface area contributed by atoms with Gasteiger partial charge in [-0.3, -0.25) is 0 Å². The molecular formula is C7H15NO3. The lowest BCUT2D eigenvalue weighted by Crippen LogP contribution is -2.27. The Morgan fingerprint density at radius 2 is 2.27 bits per heavy atom. The molecule has 11 heavy (non-hydrogen) atoms. The van der Waals surface area contributed by atoms with Crippen molar-refractivity contribution in [3.05, 3.63) is 0 Å². The van der Waals surface area contributed by atoms with Crippen LogP contribution in [0.3, 0.4) is 0 Å². The number of esters is 1. The predicted molar refractivity (Wildman–Crippen MR) is 41.1 cm³/mol. The van der Waals surface area contributed by atoms with Crippen molar-refractivity contribution in [2.75, 3.05) is 20.3 Å². The minimum Gasteiger partial charge on any atom is -0.464 e. The third-order valence-electron chi connectivity index (χ3n) is 1.26. The molecule has 0 aliphatic rings. The van der Waals surface area contributed by atoms with E-state index in [4.69, 9.17) is 15.2 Å². The molecule has 4 nitrogen and oxygen atoms in total. The van der Waals surface area contributed by atoms with Gasteiger partial charge in [0, 0.05) is 7.11 Å². The zero-order valence-electron chi connectivity index (χ0n) is 7.00. The van der Waals surface area contributed by atoms with E-state index in [1.165, 1.54) is 7.11 Å². The van der Waals surface area contributed by atoms with E-state index in [0.29, 0.717) is 19.6 Å². The highest BCUT2D eigenvalue weighted by molar-refractivity contribution is 5.74. The summed E-state index contributed by atoms with van der Waals surface area (Å²) in [6.45, 7) is 2.56. The number of hydrogen-bond donors (Lipinski definition) is 1. The second-order valence-electron chi connectivity index (χ2n) is 2.05. The largest absolute Gasteiger partial charge is 0.464 e. The fourth-order valence-corrected chi connectivity index (χ4v) is 0.719. The van der Waals surface area contributed by atoms with Crippen LogP contribution in [0.25, 0.3) is 0 Å². The van der Waals surface area contributed by atoms with Crippen LogP contribution < -0.4 is 5.73 Å². The van der Waals surface area contributed by atoms with Crippen molar-refractivity contribution in [2.45, 2.75) is 19.4 Å². The van der Waals surface area contributed by atoms with E-state index in [1.54, 1.807) is 6.92 Å². The van der Waals surface area contributed by atoms with Gasteiger partial charge in [-0.2, -0.15) is 0 Å². The van der Waals surface area contributed by atoms with E-state index >= 15 is 0 Å². The number of methoxy groups -OCH3 is 1. The summed E-state index contributed by atoms with van der Waals surface area (Å²) < 4.78 is 9.58. The molecule has 0 rings (SSSR count). The third kappa shape index (κ3) is 3.95. The number of carbonyl (C=O) groups is 1. The molecule has 2 N–H and O–H groups in total. The van der Waals surface area contributed by atoms with Gasteiger partial charge in [0.15, 0.2) is 6.10 Å². The first kappa shape index (κ1) is 10.4. The predicted octanol–water partition coefficient (Wildman–Crippen LogP) is -0.0867. The van der Waals surface area contributed by atoms with Gasteiger partial charge in [-0.25, -0.2) is 4.79 Å². The summed E-state index contributed by atoms with van der Waals surface area (Å²) in [5.41, 5.74) is 5.25. The summed E-state index contributed by atoms with van der Waals surface area (Å²) in [4.78, 5) is 11.0. The van der Waals surface area contributed by atoms with Crippen LogP contribution in [0.15, 0.2) is 0 Å². The SMILES string of the molecule is CCOC(=O)[C@@H](CCN)OC. The summed E-state index contributed by atoms with van der Waals surface area (Å²) >= 11 is 0. The molecule has 0 heterocycles. The molecule has 0 aromatic heterocycles. The molecule has 0 spiro atoms. The Hall–Kier alpha value is -0.610. The van der Waals surface area contributed by atoms with Crippen molar-refractivity contribution >= 4 is 5.97 Å². The number of carbonyl (C=O) groups excluding carboxylic acids is 1. The lowest BCUT2D eigenvalue weighted by Gasteiger charge is -2.11. The van der Waals surface area contributed by atoms with Gasteiger partial charge in [0.2, 0.25) is 0 Å². The van der Waals surface area contributed by atoms with Crippen molar-refractivity contribution < 1.29 is 14.3 Å². The van der Waals surface area contributed by atoms with E-state index in [0.717, 1.165) is 0 Å². The first-order valence-electron chi connectivity index (χ1n) is 3.65. The van der Waals surface area contributed by atoms with Crippen molar-refractivity contribution in [3.63, 3.8) is 0 Å². The van der Waals surface area contributed by atoms with Crippen molar-refractivity contribution in [1.82, 2.24) is 0 Å². The monoisotopic (exact) mass is 161 g/mol. The van der Waals surface area contributed by atoms with Crippen LogP contribution in [0.4, 0.5) is 0 Å².